The highest BCUT2D eigenvalue weighted by molar-refractivity contribution is 7.18. The van der Waals surface area contributed by atoms with Crippen molar-refractivity contribution in [2.75, 3.05) is 7.11 Å². The van der Waals surface area contributed by atoms with Gasteiger partial charge in [-0.25, -0.2) is 0 Å². The molecule has 3 heteroatoms. The van der Waals surface area contributed by atoms with E-state index in [9.17, 15) is 4.79 Å². The summed E-state index contributed by atoms with van der Waals surface area (Å²) in [6.07, 6.45) is 8.28. The van der Waals surface area contributed by atoms with Gasteiger partial charge in [-0.2, -0.15) is 0 Å². The third-order valence-corrected chi connectivity index (χ3v) is 7.84. The van der Waals surface area contributed by atoms with Crippen molar-refractivity contribution in [1.29, 1.82) is 0 Å². The molecule has 0 aliphatic heterocycles. The molecule has 120 valence electrons. The molecule has 6 rings (SSSR count). The number of methoxy groups -OCH3 is 1. The first-order chi connectivity index (χ1) is 11.1. The highest BCUT2D eigenvalue weighted by atomic mass is 32.1. The molecule has 4 aliphatic carbocycles. The SMILES string of the molecule is COc1ccc2sc(C34CC5CC(CC(C5)C3)C4)cc(=O)c2c1. The lowest BCUT2D eigenvalue weighted by Crippen LogP contribution is -2.48. The summed E-state index contributed by atoms with van der Waals surface area (Å²) < 4.78 is 6.39. The van der Waals surface area contributed by atoms with Gasteiger partial charge in [0.15, 0.2) is 5.43 Å². The van der Waals surface area contributed by atoms with Gasteiger partial charge in [-0.05, 0) is 80.5 Å². The molecular formula is C20H22O2S. The van der Waals surface area contributed by atoms with E-state index >= 15 is 0 Å². The zero-order valence-electron chi connectivity index (χ0n) is 13.5. The van der Waals surface area contributed by atoms with E-state index in [0.717, 1.165) is 33.6 Å². The zero-order chi connectivity index (χ0) is 15.6. The molecule has 0 saturated heterocycles. The molecular weight excluding hydrogens is 304 g/mol. The van der Waals surface area contributed by atoms with E-state index in [0.29, 0.717) is 5.41 Å². The van der Waals surface area contributed by atoms with Crippen molar-refractivity contribution in [3.8, 4) is 5.75 Å². The summed E-state index contributed by atoms with van der Waals surface area (Å²) in [6.45, 7) is 0. The van der Waals surface area contributed by atoms with E-state index in [1.54, 1.807) is 7.11 Å². The second-order valence-corrected chi connectivity index (χ2v) is 9.12. The highest BCUT2D eigenvalue weighted by Crippen LogP contribution is 2.61. The van der Waals surface area contributed by atoms with Gasteiger partial charge in [0.05, 0.1) is 7.11 Å². The number of ether oxygens (including phenoxy) is 1. The average molecular weight is 326 g/mol. The van der Waals surface area contributed by atoms with Gasteiger partial charge in [0.2, 0.25) is 0 Å². The Hall–Kier alpha value is -1.35. The number of benzene rings is 1. The fourth-order valence-electron chi connectivity index (χ4n) is 5.94. The van der Waals surface area contributed by atoms with Crippen molar-refractivity contribution in [1.82, 2.24) is 0 Å². The molecule has 4 aliphatic rings. The number of fused-ring (bicyclic) bond motifs is 1. The monoisotopic (exact) mass is 326 g/mol. The Balaban J connectivity index is 1.65. The van der Waals surface area contributed by atoms with Crippen molar-refractivity contribution in [3.05, 3.63) is 39.4 Å². The first-order valence-electron chi connectivity index (χ1n) is 8.78. The van der Waals surface area contributed by atoms with Crippen LogP contribution in [0, 0.1) is 17.8 Å². The Morgan fingerprint density at radius 2 is 1.70 bits per heavy atom. The van der Waals surface area contributed by atoms with Gasteiger partial charge in [0.1, 0.15) is 5.75 Å². The molecule has 2 nitrogen and oxygen atoms in total. The van der Waals surface area contributed by atoms with Crippen molar-refractivity contribution in [3.63, 3.8) is 0 Å². The minimum atomic E-state index is 0.170. The Morgan fingerprint density at radius 1 is 1.04 bits per heavy atom. The lowest BCUT2D eigenvalue weighted by Gasteiger charge is -2.56. The Labute approximate surface area is 140 Å². The number of hydrogen-bond donors (Lipinski definition) is 0. The van der Waals surface area contributed by atoms with Crippen LogP contribution in [0.5, 0.6) is 5.75 Å². The Morgan fingerprint density at radius 3 is 2.30 bits per heavy atom. The molecule has 0 N–H and O–H groups in total. The maximum Gasteiger partial charge on any atom is 0.188 e. The smallest absolute Gasteiger partial charge is 0.188 e. The van der Waals surface area contributed by atoms with Gasteiger partial charge in [0, 0.05) is 20.4 Å². The normalized spacial score (nSPS) is 34.9. The summed E-state index contributed by atoms with van der Waals surface area (Å²) in [5.74, 6) is 3.50. The molecule has 1 aromatic carbocycles. The van der Waals surface area contributed by atoms with Gasteiger partial charge in [0.25, 0.3) is 0 Å². The molecule has 0 radical (unpaired) electrons. The minimum Gasteiger partial charge on any atom is -0.497 e. The largest absolute Gasteiger partial charge is 0.497 e. The van der Waals surface area contributed by atoms with E-state index in [1.807, 2.05) is 29.5 Å². The second kappa shape index (κ2) is 4.83. The van der Waals surface area contributed by atoms with E-state index < -0.39 is 0 Å². The fraction of sp³-hybridized carbons (Fsp3) is 0.550. The molecule has 4 bridgehead atoms. The quantitative estimate of drug-likeness (QED) is 0.797. The summed E-state index contributed by atoms with van der Waals surface area (Å²) in [6, 6.07) is 7.88. The topological polar surface area (TPSA) is 26.3 Å². The standard InChI is InChI=1S/C20H22O2S/c1-22-15-2-3-18-16(7-15)17(21)8-19(23-18)20-9-12-4-13(10-20)6-14(5-12)11-20/h2-3,7-8,12-14H,4-6,9-11H2,1H3. The van der Waals surface area contributed by atoms with Gasteiger partial charge < -0.3 is 4.74 Å². The van der Waals surface area contributed by atoms with Crippen LogP contribution in [-0.4, -0.2) is 7.11 Å². The molecule has 0 spiro atoms. The molecule has 4 fully saturated rings. The van der Waals surface area contributed by atoms with Crippen LogP contribution in [0.4, 0.5) is 0 Å². The second-order valence-electron chi connectivity index (χ2n) is 8.03. The third kappa shape index (κ3) is 2.09. The van der Waals surface area contributed by atoms with Gasteiger partial charge in [-0.15, -0.1) is 11.3 Å². The van der Waals surface area contributed by atoms with Gasteiger partial charge >= 0.3 is 0 Å². The van der Waals surface area contributed by atoms with Crippen molar-refractivity contribution in [2.24, 2.45) is 17.8 Å². The number of rotatable bonds is 2. The van der Waals surface area contributed by atoms with Crippen molar-refractivity contribution in [2.45, 2.75) is 43.9 Å². The highest BCUT2D eigenvalue weighted by Gasteiger charge is 2.52. The van der Waals surface area contributed by atoms with E-state index in [2.05, 4.69) is 6.07 Å². The van der Waals surface area contributed by atoms with E-state index in [1.165, 1.54) is 43.4 Å². The van der Waals surface area contributed by atoms with Gasteiger partial charge in [-0.1, -0.05) is 0 Å². The summed E-state index contributed by atoms with van der Waals surface area (Å²) in [4.78, 5) is 14.1. The molecule has 0 amide bonds. The fourth-order valence-corrected chi connectivity index (χ4v) is 7.21. The predicted octanol–water partition coefficient (Wildman–Crippen LogP) is 4.74. The molecule has 23 heavy (non-hydrogen) atoms. The Bertz CT molecular complexity index is 800. The van der Waals surface area contributed by atoms with Gasteiger partial charge in [-0.3, -0.25) is 4.79 Å². The van der Waals surface area contributed by atoms with E-state index in [-0.39, 0.29) is 5.43 Å². The first kappa shape index (κ1) is 14.0. The molecule has 0 unspecified atom stereocenters. The van der Waals surface area contributed by atoms with Crippen LogP contribution in [0.1, 0.15) is 43.4 Å². The van der Waals surface area contributed by atoms with Crippen LogP contribution < -0.4 is 10.2 Å². The zero-order valence-corrected chi connectivity index (χ0v) is 14.3. The van der Waals surface area contributed by atoms with Crippen molar-refractivity contribution >= 4 is 21.4 Å². The third-order valence-electron chi connectivity index (χ3n) is 6.50. The maximum atomic E-state index is 12.7. The van der Waals surface area contributed by atoms with Crippen LogP contribution >= 0.6 is 11.3 Å². The summed E-state index contributed by atoms with van der Waals surface area (Å²) in [7, 11) is 1.65. The number of hydrogen-bond acceptors (Lipinski definition) is 3. The predicted molar refractivity (Wildman–Crippen MR) is 94.5 cm³/mol. The molecule has 2 aromatic rings. The first-order valence-corrected chi connectivity index (χ1v) is 9.59. The average Bonchev–Trinajstić information content (AvgIpc) is 2.53. The van der Waals surface area contributed by atoms with E-state index in [4.69, 9.17) is 4.74 Å². The van der Waals surface area contributed by atoms with Crippen molar-refractivity contribution < 1.29 is 4.74 Å². The molecule has 1 heterocycles. The summed E-state index contributed by atoms with van der Waals surface area (Å²) >= 11 is 1.85. The van der Waals surface area contributed by atoms with Crippen LogP contribution in [0.2, 0.25) is 0 Å². The molecule has 4 saturated carbocycles. The van der Waals surface area contributed by atoms with Crippen LogP contribution in [0.25, 0.3) is 10.1 Å². The maximum absolute atomic E-state index is 12.7. The Kier molecular flexibility index (Phi) is 2.94. The van der Waals surface area contributed by atoms with Crippen LogP contribution in [0.15, 0.2) is 29.1 Å². The minimum absolute atomic E-state index is 0.170. The molecule has 1 aromatic heterocycles. The van der Waals surface area contributed by atoms with Crippen LogP contribution in [-0.2, 0) is 5.41 Å². The summed E-state index contributed by atoms with van der Waals surface area (Å²) in [5, 5.41) is 0.808. The lowest BCUT2D eigenvalue weighted by atomic mass is 9.49. The lowest BCUT2D eigenvalue weighted by molar-refractivity contribution is -0.00354. The van der Waals surface area contributed by atoms with Crippen LogP contribution in [0.3, 0.4) is 0 Å². The molecule has 0 atom stereocenters. The summed E-state index contributed by atoms with van der Waals surface area (Å²) in [5.41, 5.74) is 0.482.